The Bertz CT molecular complexity index is 594. The van der Waals surface area contributed by atoms with Crippen LogP contribution in [0.3, 0.4) is 0 Å². The first-order valence-corrected chi connectivity index (χ1v) is 6.24. The van der Waals surface area contributed by atoms with E-state index in [4.69, 9.17) is 4.74 Å². The van der Waals surface area contributed by atoms with Gasteiger partial charge in [-0.2, -0.15) is 4.98 Å². The van der Waals surface area contributed by atoms with E-state index in [0.29, 0.717) is 17.4 Å². The molecule has 2 N–H and O–H groups in total. The molecule has 0 amide bonds. The molecule has 7 heteroatoms. The van der Waals surface area contributed by atoms with E-state index < -0.39 is 5.82 Å². The van der Waals surface area contributed by atoms with Crippen molar-refractivity contribution in [3.63, 3.8) is 0 Å². The Kier molecular flexibility index (Phi) is 4.16. The van der Waals surface area contributed by atoms with Crippen molar-refractivity contribution in [1.29, 1.82) is 0 Å². The highest BCUT2D eigenvalue weighted by Crippen LogP contribution is 2.30. The lowest BCUT2D eigenvalue weighted by Crippen LogP contribution is -2.03. The van der Waals surface area contributed by atoms with Gasteiger partial charge in [0.2, 0.25) is 5.95 Å². The highest BCUT2D eigenvalue weighted by atomic mass is 79.9. The third-order valence-electron chi connectivity index (χ3n) is 2.38. The van der Waals surface area contributed by atoms with E-state index in [2.05, 4.69) is 36.5 Å². The van der Waals surface area contributed by atoms with Crippen molar-refractivity contribution in [3.8, 4) is 5.75 Å². The molecule has 0 saturated carbocycles. The van der Waals surface area contributed by atoms with Gasteiger partial charge >= 0.3 is 0 Å². The second-order valence-electron chi connectivity index (χ2n) is 3.61. The summed E-state index contributed by atoms with van der Waals surface area (Å²) < 4.78 is 19.7. The van der Waals surface area contributed by atoms with Crippen LogP contribution in [0.2, 0.25) is 0 Å². The average Bonchev–Trinajstić information content (AvgIpc) is 2.41. The fourth-order valence-corrected chi connectivity index (χ4v) is 1.84. The van der Waals surface area contributed by atoms with Crippen molar-refractivity contribution in [3.05, 3.63) is 34.7 Å². The Hall–Kier alpha value is -1.89. The zero-order valence-corrected chi connectivity index (χ0v) is 12.0. The van der Waals surface area contributed by atoms with E-state index in [9.17, 15) is 4.39 Å². The van der Waals surface area contributed by atoms with Crippen LogP contribution in [0.4, 0.5) is 21.8 Å². The maximum Gasteiger partial charge on any atom is 0.224 e. The van der Waals surface area contributed by atoms with E-state index >= 15 is 0 Å². The van der Waals surface area contributed by atoms with E-state index in [-0.39, 0.29) is 5.82 Å². The molecule has 19 heavy (non-hydrogen) atoms. The highest BCUT2D eigenvalue weighted by molar-refractivity contribution is 9.10. The van der Waals surface area contributed by atoms with Crippen molar-refractivity contribution in [2.45, 2.75) is 0 Å². The third-order valence-corrected chi connectivity index (χ3v) is 2.88. The van der Waals surface area contributed by atoms with Crippen LogP contribution >= 0.6 is 15.9 Å². The summed E-state index contributed by atoms with van der Waals surface area (Å²) in [5.41, 5.74) is 0.608. The normalized spacial score (nSPS) is 10.1. The molecule has 100 valence electrons. The molecule has 0 spiro atoms. The molecule has 0 aliphatic rings. The predicted octanol–water partition coefficient (Wildman–Crippen LogP) is 3.17. The van der Waals surface area contributed by atoms with Gasteiger partial charge in [-0.3, -0.25) is 0 Å². The molecule has 1 aromatic heterocycles. The SMILES string of the molecule is CNc1ncc(F)c(Nc2cc(Br)ccc2OC)n1. The van der Waals surface area contributed by atoms with Crippen LogP contribution in [-0.4, -0.2) is 24.1 Å². The summed E-state index contributed by atoms with van der Waals surface area (Å²) in [7, 11) is 3.21. The molecule has 0 unspecified atom stereocenters. The molecule has 2 aromatic rings. The zero-order chi connectivity index (χ0) is 13.8. The lowest BCUT2D eigenvalue weighted by atomic mass is 10.3. The van der Waals surface area contributed by atoms with E-state index in [0.717, 1.165) is 10.7 Å². The van der Waals surface area contributed by atoms with Gasteiger partial charge in [-0.15, -0.1) is 0 Å². The predicted molar refractivity (Wildman–Crippen MR) is 75.5 cm³/mol. The van der Waals surface area contributed by atoms with Gasteiger partial charge in [0.25, 0.3) is 0 Å². The van der Waals surface area contributed by atoms with Gasteiger partial charge in [-0.25, -0.2) is 9.37 Å². The van der Waals surface area contributed by atoms with Gasteiger partial charge < -0.3 is 15.4 Å². The maximum absolute atomic E-state index is 13.7. The lowest BCUT2D eigenvalue weighted by molar-refractivity contribution is 0.416. The zero-order valence-electron chi connectivity index (χ0n) is 10.4. The number of benzene rings is 1. The van der Waals surface area contributed by atoms with Crippen LogP contribution in [0.25, 0.3) is 0 Å². The summed E-state index contributed by atoms with van der Waals surface area (Å²) in [6.45, 7) is 0. The fourth-order valence-electron chi connectivity index (χ4n) is 1.48. The molecule has 2 rings (SSSR count). The number of methoxy groups -OCH3 is 1. The molecule has 1 heterocycles. The first-order chi connectivity index (χ1) is 9.13. The number of anilines is 3. The van der Waals surface area contributed by atoms with Crippen LogP contribution < -0.4 is 15.4 Å². The van der Waals surface area contributed by atoms with Crippen molar-refractivity contribution >= 4 is 33.4 Å². The van der Waals surface area contributed by atoms with Gasteiger partial charge in [0.1, 0.15) is 5.75 Å². The molecule has 0 aliphatic heterocycles. The Morgan fingerprint density at radius 1 is 1.37 bits per heavy atom. The Morgan fingerprint density at radius 2 is 2.16 bits per heavy atom. The number of nitrogens with one attached hydrogen (secondary N) is 2. The van der Waals surface area contributed by atoms with Crippen LogP contribution in [0.1, 0.15) is 0 Å². The molecule has 5 nitrogen and oxygen atoms in total. The summed E-state index contributed by atoms with van der Waals surface area (Å²) in [5.74, 6) is 0.460. The van der Waals surface area contributed by atoms with Crippen molar-refractivity contribution in [1.82, 2.24) is 9.97 Å². The largest absolute Gasteiger partial charge is 0.495 e. The van der Waals surface area contributed by atoms with Gasteiger partial charge in [0.05, 0.1) is 19.0 Å². The Labute approximate surface area is 118 Å². The molecular formula is C12H12BrFN4O. The number of rotatable bonds is 4. The van der Waals surface area contributed by atoms with Crippen LogP contribution in [0.5, 0.6) is 5.75 Å². The molecule has 1 aromatic carbocycles. The van der Waals surface area contributed by atoms with Crippen molar-refractivity contribution in [2.24, 2.45) is 0 Å². The molecule has 0 radical (unpaired) electrons. The monoisotopic (exact) mass is 326 g/mol. The molecule has 0 bridgehead atoms. The molecule has 0 aliphatic carbocycles. The van der Waals surface area contributed by atoms with Crippen LogP contribution in [0.15, 0.2) is 28.9 Å². The quantitative estimate of drug-likeness (QED) is 0.903. The molecule has 0 atom stereocenters. The number of hydrogen-bond acceptors (Lipinski definition) is 5. The van der Waals surface area contributed by atoms with E-state index in [1.807, 2.05) is 6.07 Å². The highest BCUT2D eigenvalue weighted by Gasteiger charge is 2.10. The lowest BCUT2D eigenvalue weighted by Gasteiger charge is -2.12. The van der Waals surface area contributed by atoms with Gasteiger partial charge in [0, 0.05) is 11.5 Å². The Morgan fingerprint density at radius 3 is 2.84 bits per heavy atom. The minimum atomic E-state index is -0.541. The Balaban J connectivity index is 2.37. The molecular weight excluding hydrogens is 315 g/mol. The second kappa shape index (κ2) is 5.83. The number of hydrogen-bond donors (Lipinski definition) is 2. The molecule has 0 fully saturated rings. The van der Waals surface area contributed by atoms with E-state index in [1.165, 1.54) is 0 Å². The summed E-state index contributed by atoms with van der Waals surface area (Å²) in [4.78, 5) is 7.79. The first kappa shape index (κ1) is 13.5. The summed E-state index contributed by atoms with van der Waals surface area (Å²) >= 11 is 3.35. The minimum absolute atomic E-state index is 0.0794. The number of halogens is 2. The first-order valence-electron chi connectivity index (χ1n) is 5.45. The minimum Gasteiger partial charge on any atom is -0.495 e. The maximum atomic E-state index is 13.7. The summed E-state index contributed by atoms with van der Waals surface area (Å²) in [6.07, 6.45) is 1.10. The smallest absolute Gasteiger partial charge is 0.224 e. The number of aromatic nitrogens is 2. The molecule has 0 saturated heterocycles. The van der Waals surface area contributed by atoms with Gasteiger partial charge in [-0.05, 0) is 18.2 Å². The summed E-state index contributed by atoms with van der Waals surface area (Å²) in [6, 6.07) is 5.38. The van der Waals surface area contributed by atoms with Crippen molar-refractivity contribution < 1.29 is 9.13 Å². The van der Waals surface area contributed by atoms with Crippen molar-refractivity contribution in [2.75, 3.05) is 24.8 Å². The van der Waals surface area contributed by atoms with Gasteiger partial charge in [0.15, 0.2) is 11.6 Å². The van der Waals surface area contributed by atoms with Crippen LogP contribution in [-0.2, 0) is 0 Å². The fraction of sp³-hybridized carbons (Fsp3) is 0.167. The topological polar surface area (TPSA) is 59.1 Å². The second-order valence-corrected chi connectivity index (χ2v) is 4.53. The number of ether oxygens (including phenoxy) is 1. The van der Waals surface area contributed by atoms with Gasteiger partial charge in [-0.1, -0.05) is 15.9 Å². The standard InChI is InChI=1S/C12H12BrFN4O/c1-15-12-16-6-8(14)11(18-12)17-9-5-7(13)3-4-10(9)19-2/h3-6H,1-2H3,(H2,15,16,17,18). The number of nitrogens with zero attached hydrogens (tertiary/aromatic N) is 2. The third kappa shape index (κ3) is 3.11. The summed E-state index contributed by atoms with van der Waals surface area (Å²) in [5, 5.41) is 5.64. The van der Waals surface area contributed by atoms with Crippen LogP contribution in [0, 0.1) is 5.82 Å². The van der Waals surface area contributed by atoms with E-state index in [1.54, 1.807) is 26.3 Å². The average molecular weight is 327 g/mol.